The molecule has 0 bridgehead atoms. The van der Waals surface area contributed by atoms with Gasteiger partial charge in [-0.1, -0.05) is 30.3 Å². The molecule has 0 aliphatic carbocycles. The van der Waals surface area contributed by atoms with Crippen LogP contribution in [0.3, 0.4) is 0 Å². The molecular formula is C22H19NO2. The predicted octanol–water partition coefficient (Wildman–Crippen LogP) is 5.90. The van der Waals surface area contributed by atoms with Crippen molar-refractivity contribution in [3.8, 4) is 17.2 Å². The second-order valence-corrected chi connectivity index (χ2v) is 6.53. The number of aryl methyl sites for hydroxylation is 1. The second kappa shape index (κ2) is 5.55. The van der Waals surface area contributed by atoms with Crippen LogP contribution in [-0.2, 0) is 6.42 Å². The van der Waals surface area contributed by atoms with E-state index < -0.39 is 0 Å². The number of para-hydroxylation sites is 4. The normalized spacial score (nSPS) is 14.7. The van der Waals surface area contributed by atoms with Crippen molar-refractivity contribution in [1.82, 2.24) is 0 Å². The third-order valence-corrected chi connectivity index (χ3v) is 4.96. The Hall–Kier alpha value is -2.94. The topological polar surface area (TPSA) is 21.7 Å². The quantitative estimate of drug-likeness (QED) is 0.434. The summed E-state index contributed by atoms with van der Waals surface area (Å²) >= 11 is 0. The molecule has 0 radical (unpaired) electrons. The van der Waals surface area contributed by atoms with E-state index in [9.17, 15) is 0 Å². The zero-order valence-electron chi connectivity index (χ0n) is 14.2. The van der Waals surface area contributed by atoms with Crippen molar-refractivity contribution in [2.45, 2.75) is 19.8 Å². The first kappa shape index (κ1) is 14.4. The highest BCUT2D eigenvalue weighted by Gasteiger charge is 2.29. The molecule has 0 unspecified atom stereocenters. The predicted molar refractivity (Wildman–Crippen MR) is 99.8 cm³/mol. The highest BCUT2D eigenvalue weighted by atomic mass is 16.5. The molecule has 3 nitrogen and oxygen atoms in total. The van der Waals surface area contributed by atoms with Crippen LogP contribution in [0.4, 0.5) is 17.1 Å². The minimum absolute atomic E-state index is 0.775. The maximum absolute atomic E-state index is 6.14. The summed E-state index contributed by atoms with van der Waals surface area (Å²) in [5.74, 6) is 2.75. The van der Waals surface area contributed by atoms with E-state index in [4.69, 9.17) is 9.47 Å². The van der Waals surface area contributed by atoms with E-state index in [-0.39, 0.29) is 0 Å². The number of nitrogens with zero attached hydrogens (tertiary/aromatic N) is 1. The van der Waals surface area contributed by atoms with Gasteiger partial charge in [-0.15, -0.1) is 0 Å². The zero-order chi connectivity index (χ0) is 16.8. The molecule has 5 rings (SSSR count). The van der Waals surface area contributed by atoms with Crippen molar-refractivity contribution in [3.63, 3.8) is 0 Å². The van der Waals surface area contributed by atoms with Crippen molar-refractivity contribution in [1.29, 1.82) is 0 Å². The number of ether oxygens (including phenoxy) is 2. The van der Waals surface area contributed by atoms with Crippen molar-refractivity contribution in [2.24, 2.45) is 0 Å². The molecule has 0 fully saturated rings. The van der Waals surface area contributed by atoms with Crippen LogP contribution in [0.25, 0.3) is 0 Å². The van der Waals surface area contributed by atoms with E-state index in [0.29, 0.717) is 0 Å². The maximum atomic E-state index is 6.14. The van der Waals surface area contributed by atoms with E-state index in [2.05, 4.69) is 36.1 Å². The number of hydrogen-bond donors (Lipinski definition) is 0. The summed E-state index contributed by atoms with van der Waals surface area (Å²) in [6.07, 6.45) is 2.15. The van der Waals surface area contributed by atoms with Gasteiger partial charge < -0.3 is 9.47 Å². The van der Waals surface area contributed by atoms with Gasteiger partial charge in [-0.25, -0.2) is 0 Å². The number of benzene rings is 3. The third-order valence-electron chi connectivity index (χ3n) is 4.96. The smallest absolute Gasteiger partial charge is 0.151 e. The molecule has 0 amide bonds. The van der Waals surface area contributed by atoms with Gasteiger partial charge in [0.25, 0.3) is 0 Å². The standard InChI is InChI=1S/C22H19NO2/c1-15-12-13-19(22-16(15)7-6-14-24-22)23-17-8-2-4-10-20(17)25-21-11-5-3-9-18(21)23/h2-5,8-13H,6-7,14H2,1H3. The first-order chi connectivity index (χ1) is 12.3. The first-order valence-corrected chi connectivity index (χ1v) is 8.74. The molecule has 3 aromatic carbocycles. The lowest BCUT2D eigenvalue weighted by Crippen LogP contribution is -2.19. The van der Waals surface area contributed by atoms with E-state index in [0.717, 1.165) is 53.8 Å². The minimum atomic E-state index is 0.775. The van der Waals surface area contributed by atoms with Gasteiger partial charge >= 0.3 is 0 Å². The lowest BCUT2D eigenvalue weighted by atomic mass is 9.98. The summed E-state index contributed by atoms with van der Waals surface area (Å²) in [4.78, 5) is 2.26. The molecule has 124 valence electrons. The molecule has 2 heterocycles. The number of hydrogen-bond acceptors (Lipinski definition) is 3. The lowest BCUT2D eigenvalue weighted by molar-refractivity contribution is 0.289. The summed E-state index contributed by atoms with van der Waals surface area (Å²) < 4.78 is 12.3. The van der Waals surface area contributed by atoms with Crippen LogP contribution in [-0.4, -0.2) is 6.61 Å². The molecule has 3 aromatic rings. The van der Waals surface area contributed by atoms with E-state index in [1.165, 1.54) is 11.1 Å². The first-order valence-electron chi connectivity index (χ1n) is 8.74. The zero-order valence-corrected chi connectivity index (χ0v) is 14.2. The van der Waals surface area contributed by atoms with Crippen molar-refractivity contribution in [2.75, 3.05) is 11.5 Å². The van der Waals surface area contributed by atoms with Crippen molar-refractivity contribution in [3.05, 3.63) is 71.8 Å². The molecule has 0 aromatic heterocycles. The minimum Gasteiger partial charge on any atom is -0.491 e. The molecule has 0 N–H and O–H groups in total. The van der Waals surface area contributed by atoms with Crippen LogP contribution < -0.4 is 14.4 Å². The molecule has 25 heavy (non-hydrogen) atoms. The Morgan fingerprint density at radius 3 is 2.20 bits per heavy atom. The van der Waals surface area contributed by atoms with Crippen LogP contribution in [0.1, 0.15) is 17.5 Å². The van der Waals surface area contributed by atoms with Crippen LogP contribution in [0.2, 0.25) is 0 Å². The summed E-state index contributed by atoms with van der Waals surface area (Å²) in [6, 6.07) is 20.7. The highest BCUT2D eigenvalue weighted by Crippen LogP contribution is 2.53. The Morgan fingerprint density at radius 2 is 1.48 bits per heavy atom. The highest BCUT2D eigenvalue weighted by molar-refractivity contribution is 5.89. The maximum Gasteiger partial charge on any atom is 0.151 e. The van der Waals surface area contributed by atoms with Crippen LogP contribution in [0, 0.1) is 6.92 Å². The summed E-state index contributed by atoms with van der Waals surface area (Å²) in [6.45, 7) is 2.94. The third kappa shape index (κ3) is 2.19. The largest absolute Gasteiger partial charge is 0.491 e. The van der Waals surface area contributed by atoms with Crippen LogP contribution in [0.5, 0.6) is 17.2 Å². The number of rotatable bonds is 1. The second-order valence-electron chi connectivity index (χ2n) is 6.53. The average molecular weight is 329 g/mol. The van der Waals surface area contributed by atoms with Gasteiger partial charge in [0.15, 0.2) is 11.5 Å². The monoisotopic (exact) mass is 329 g/mol. The van der Waals surface area contributed by atoms with Gasteiger partial charge in [-0.3, -0.25) is 4.90 Å². The molecule has 0 atom stereocenters. The average Bonchev–Trinajstić information content (AvgIpc) is 2.67. The van der Waals surface area contributed by atoms with Gasteiger partial charge in [0, 0.05) is 0 Å². The fraction of sp³-hybridized carbons (Fsp3) is 0.182. The summed E-state index contributed by atoms with van der Waals surface area (Å²) in [5.41, 5.74) is 5.80. The van der Waals surface area contributed by atoms with Gasteiger partial charge in [-0.2, -0.15) is 0 Å². The Balaban J connectivity index is 1.78. The van der Waals surface area contributed by atoms with E-state index in [1.54, 1.807) is 0 Å². The van der Waals surface area contributed by atoms with Crippen LogP contribution in [0.15, 0.2) is 60.7 Å². The van der Waals surface area contributed by atoms with Crippen molar-refractivity contribution < 1.29 is 9.47 Å². The SMILES string of the molecule is Cc1ccc(N2c3ccccc3Oc3ccccc32)c2c1CCCO2. The van der Waals surface area contributed by atoms with Gasteiger partial charge in [0.1, 0.15) is 5.75 Å². The summed E-state index contributed by atoms with van der Waals surface area (Å²) in [5, 5.41) is 0. The molecular weight excluding hydrogens is 310 g/mol. The van der Waals surface area contributed by atoms with E-state index in [1.807, 2.05) is 36.4 Å². The fourth-order valence-electron chi connectivity index (χ4n) is 3.75. The molecule has 0 saturated carbocycles. The van der Waals surface area contributed by atoms with Gasteiger partial charge in [0.05, 0.1) is 23.7 Å². The lowest BCUT2D eigenvalue weighted by Gasteiger charge is -2.35. The number of anilines is 3. The molecule has 0 spiro atoms. The number of fused-ring (bicyclic) bond motifs is 3. The molecule has 2 aliphatic heterocycles. The molecule has 2 aliphatic rings. The van der Waals surface area contributed by atoms with Crippen LogP contribution >= 0.6 is 0 Å². The Kier molecular flexibility index (Phi) is 3.20. The van der Waals surface area contributed by atoms with E-state index >= 15 is 0 Å². The fourth-order valence-corrected chi connectivity index (χ4v) is 3.75. The Bertz CT molecular complexity index is 918. The summed E-state index contributed by atoms with van der Waals surface area (Å²) in [7, 11) is 0. The van der Waals surface area contributed by atoms with Gasteiger partial charge in [0.2, 0.25) is 0 Å². The Labute approximate surface area is 147 Å². The Morgan fingerprint density at radius 1 is 0.800 bits per heavy atom. The molecule has 3 heteroatoms. The van der Waals surface area contributed by atoms with Gasteiger partial charge in [-0.05, 0) is 61.2 Å². The molecule has 0 saturated heterocycles. The van der Waals surface area contributed by atoms with Crippen molar-refractivity contribution >= 4 is 17.1 Å².